The molecular weight excluding hydrogens is 216 g/mol. The Morgan fingerprint density at radius 1 is 1.67 bits per heavy atom. The number of hydrogen-bond acceptors (Lipinski definition) is 2. The number of nitrogens with two attached hydrogens (primary N) is 1. The van der Waals surface area contributed by atoms with Crippen molar-refractivity contribution in [1.29, 1.82) is 0 Å². The molecule has 2 N–H and O–H groups in total. The smallest absolute Gasteiger partial charge is 0.0574 e. The highest BCUT2D eigenvalue weighted by Crippen LogP contribution is 2.23. The molecule has 1 atom stereocenters. The van der Waals surface area contributed by atoms with Gasteiger partial charge in [-0.3, -0.25) is 4.98 Å². The molecule has 0 amide bonds. The molecular formula is C9H13BrN2. The summed E-state index contributed by atoms with van der Waals surface area (Å²) in [4.78, 5) is 4.29. The summed E-state index contributed by atoms with van der Waals surface area (Å²) in [6.07, 6.45) is 2.79. The van der Waals surface area contributed by atoms with Crippen LogP contribution in [0.3, 0.4) is 0 Å². The van der Waals surface area contributed by atoms with Crippen LogP contribution >= 0.6 is 15.9 Å². The average Bonchev–Trinajstić information content (AvgIpc) is 2.05. The van der Waals surface area contributed by atoms with Gasteiger partial charge in [0.2, 0.25) is 0 Å². The molecule has 0 aromatic carbocycles. The summed E-state index contributed by atoms with van der Waals surface area (Å²) in [5.41, 5.74) is 6.57. The molecule has 0 bridgehead atoms. The fourth-order valence-electron chi connectivity index (χ4n) is 1.15. The molecule has 1 aromatic rings. The molecule has 0 aliphatic carbocycles. The van der Waals surface area contributed by atoms with E-state index in [1.54, 1.807) is 0 Å². The number of hydrogen-bond donors (Lipinski definition) is 1. The summed E-state index contributed by atoms with van der Waals surface area (Å²) in [7, 11) is 0. The Balaban J connectivity index is 2.79. The molecule has 1 rings (SSSR count). The van der Waals surface area contributed by atoms with Gasteiger partial charge in [-0.15, -0.1) is 0 Å². The Bertz CT molecular complexity index is 250. The van der Waals surface area contributed by atoms with E-state index in [9.17, 15) is 0 Å². The molecule has 0 saturated carbocycles. The topological polar surface area (TPSA) is 38.9 Å². The van der Waals surface area contributed by atoms with E-state index in [0.29, 0.717) is 12.5 Å². The van der Waals surface area contributed by atoms with Crippen molar-refractivity contribution in [2.24, 2.45) is 5.73 Å². The van der Waals surface area contributed by atoms with Crippen molar-refractivity contribution in [2.75, 3.05) is 6.54 Å². The SMILES string of the molecule is CC(CCN)c1ncccc1Br. The van der Waals surface area contributed by atoms with Crippen molar-refractivity contribution in [1.82, 2.24) is 4.98 Å². The Morgan fingerprint density at radius 2 is 2.42 bits per heavy atom. The molecule has 66 valence electrons. The van der Waals surface area contributed by atoms with Crippen LogP contribution in [0.25, 0.3) is 0 Å². The first kappa shape index (κ1) is 9.68. The minimum absolute atomic E-state index is 0.436. The molecule has 1 heterocycles. The maximum atomic E-state index is 5.47. The highest BCUT2D eigenvalue weighted by atomic mass is 79.9. The van der Waals surface area contributed by atoms with Gasteiger partial charge in [-0.25, -0.2) is 0 Å². The monoisotopic (exact) mass is 228 g/mol. The second-order valence-corrected chi connectivity index (χ2v) is 3.70. The summed E-state index contributed by atoms with van der Waals surface area (Å²) in [6.45, 7) is 2.85. The fraction of sp³-hybridized carbons (Fsp3) is 0.444. The Hall–Kier alpha value is -0.410. The van der Waals surface area contributed by atoms with Crippen LogP contribution in [-0.2, 0) is 0 Å². The second kappa shape index (κ2) is 4.58. The normalized spacial score (nSPS) is 12.9. The van der Waals surface area contributed by atoms with Crippen molar-refractivity contribution < 1.29 is 0 Å². The molecule has 0 fully saturated rings. The standard InChI is InChI=1S/C9H13BrN2/c1-7(4-5-11)9-8(10)3-2-6-12-9/h2-3,6-7H,4-5,11H2,1H3. The zero-order valence-electron chi connectivity index (χ0n) is 7.13. The van der Waals surface area contributed by atoms with Crippen LogP contribution in [0, 0.1) is 0 Å². The van der Waals surface area contributed by atoms with E-state index < -0.39 is 0 Å². The van der Waals surface area contributed by atoms with Gasteiger partial charge in [0.1, 0.15) is 0 Å². The van der Waals surface area contributed by atoms with E-state index in [1.165, 1.54) is 0 Å². The van der Waals surface area contributed by atoms with Crippen LogP contribution < -0.4 is 5.73 Å². The summed E-state index contributed by atoms with van der Waals surface area (Å²) in [5, 5.41) is 0. The maximum Gasteiger partial charge on any atom is 0.0574 e. The van der Waals surface area contributed by atoms with E-state index in [4.69, 9.17) is 5.73 Å². The third-order valence-electron chi connectivity index (χ3n) is 1.85. The lowest BCUT2D eigenvalue weighted by molar-refractivity contribution is 0.667. The van der Waals surface area contributed by atoms with E-state index in [0.717, 1.165) is 16.6 Å². The van der Waals surface area contributed by atoms with E-state index in [1.807, 2.05) is 18.3 Å². The molecule has 0 radical (unpaired) electrons. The summed E-state index contributed by atoms with van der Waals surface area (Å²) in [5.74, 6) is 0.436. The predicted molar refractivity (Wildman–Crippen MR) is 54.0 cm³/mol. The fourth-order valence-corrected chi connectivity index (χ4v) is 1.79. The Morgan fingerprint density at radius 3 is 3.00 bits per heavy atom. The molecule has 2 nitrogen and oxygen atoms in total. The van der Waals surface area contributed by atoms with Crippen molar-refractivity contribution in [3.8, 4) is 0 Å². The third kappa shape index (κ3) is 2.29. The quantitative estimate of drug-likeness (QED) is 0.863. The molecule has 1 unspecified atom stereocenters. The second-order valence-electron chi connectivity index (χ2n) is 2.85. The first-order valence-corrected chi connectivity index (χ1v) is 4.85. The minimum Gasteiger partial charge on any atom is -0.330 e. The highest BCUT2D eigenvalue weighted by molar-refractivity contribution is 9.10. The van der Waals surface area contributed by atoms with Crippen LogP contribution in [0.1, 0.15) is 25.0 Å². The molecule has 12 heavy (non-hydrogen) atoms. The third-order valence-corrected chi connectivity index (χ3v) is 2.52. The van der Waals surface area contributed by atoms with Crippen LogP contribution in [-0.4, -0.2) is 11.5 Å². The summed E-state index contributed by atoms with van der Waals surface area (Å²) < 4.78 is 1.07. The lowest BCUT2D eigenvalue weighted by Crippen LogP contribution is -2.06. The number of rotatable bonds is 3. The lowest BCUT2D eigenvalue weighted by Gasteiger charge is -2.10. The molecule has 0 saturated heterocycles. The van der Waals surface area contributed by atoms with E-state index >= 15 is 0 Å². The van der Waals surface area contributed by atoms with Crippen LogP contribution in [0.4, 0.5) is 0 Å². The van der Waals surface area contributed by atoms with Crippen molar-refractivity contribution >= 4 is 15.9 Å². The molecule has 0 spiro atoms. The zero-order chi connectivity index (χ0) is 8.97. The molecule has 0 aliphatic heterocycles. The average molecular weight is 229 g/mol. The van der Waals surface area contributed by atoms with Crippen LogP contribution in [0.2, 0.25) is 0 Å². The van der Waals surface area contributed by atoms with E-state index in [-0.39, 0.29) is 0 Å². The largest absolute Gasteiger partial charge is 0.330 e. The Labute approximate surface area is 81.3 Å². The molecule has 3 heteroatoms. The van der Waals surface area contributed by atoms with Gasteiger partial charge < -0.3 is 5.73 Å². The van der Waals surface area contributed by atoms with Crippen LogP contribution in [0.5, 0.6) is 0 Å². The number of pyridine rings is 1. The van der Waals surface area contributed by atoms with Gasteiger partial charge in [0.25, 0.3) is 0 Å². The van der Waals surface area contributed by atoms with Gasteiger partial charge in [-0.1, -0.05) is 6.92 Å². The molecule has 0 aliphatic rings. The van der Waals surface area contributed by atoms with Gasteiger partial charge in [0.15, 0.2) is 0 Å². The van der Waals surface area contributed by atoms with Gasteiger partial charge in [0, 0.05) is 16.6 Å². The highest BCUT2D eigenvalue weighted by Gasteiger charge is 2.08. The van der Waals surface area contributed by atoms with Gasteiger partial charge >= 0.3 is 0 Å². The number of aromatic nitrogens is 1. The van der Waals surface area contributed by atoms with Crippen LogP contribution in [0.15, 0.2) is 22.8 Å². The van der Waals surface area contributed by atoms with E-state index in [2.05, 4.69) is 27.8 Å². The summed E-state index contributed by atoms with van der Waals surface area (Å²) >= 11 is 3.46. The number of nitrogens with zero attached hydrogens (tertiary/aromatic N) is 1. The van der Waals surface area contributed by atoms with Crippen molar-refractivity contribution in [2.45, 2.75) is 19.3 Å². The maximum absolute atomic E-state index is 5.47. The summed E-state index contributed by atoms with van der Waals surface area (Å²) in [6, 6.07) is 3.93. The Kier molecular flexibility index (Phi) is 3.69. The van der Waals surface area contributed by atoms with Gasteiger partial charge in [-0.2, -0.15) is 0 Å². The minimum atomic E-state index is 0.436. The lowest BCUT2D eigenvalue weighted by atomic mass is 10.0. The molecule has 1 aromatic heterocycles. The first-order valence-electron chi connectivity index (χ1n) is 4.06. The first-order chi connectivity index (χ1) is 5.75. The predicted octanol–water partition coefficient (Wildman–Crippen LogP) is 2.30. The van der Waals surface area contributed by atoms with Crippen molar-refractivity contribution in [3.63, 3.8) is 0 Å². The van der Waals surface area contributed by atoms with Crippen molar-refractivity contribution in [3.05, 3.63) is 28.5 Å². The van der Waals surface area contributed by atoms with Gasteiger partial charge in [-0.05, 0) is 41.0 Å². The zero-order valence-corrected chi connectivity index (χ0v) is 8.71. The van der Waals surface area contributed by atoms with Gasteiger partial charge in [0.05, 0.1) is 5.69 Å². The number of halogens is 1.